The van der Waals surface area contributed by atoms with Crippen LogP contribution in [-0.2, 0) is 16.6 Å². The van der Waals surface area contributed by atoms with Crippen molar-refractivity contribution in [2.75, 3.05) is 64.4 Å². The van der Waals surface area contributed by atoms with E-state index in [9.17, 15) is 4.79 Å². The highest BCUT2D eigenvalue weighted by molar-refractivity contribution is 14.0. The molecule has 0 spiro atoms. The lowest BCUT2D eigenvalue weighted by Gasteiger charge is -2.35. The van der Waals surface area contributed by atoms with Crippen LogP contribution >= 0.6 is 24.0 Å². The second-order valence-electron chi connectivity index (χ2n) is 7.89. The number of hydrogen-bond donors (Lipinski definition) is 1. The number of halogens is 1. The summed E-state index contributed by atoms with van der Waals surface area (Å²) in [5.41, 5.74) is 1.06. The third kappa shape index (κ3) is 6.53. The first-order chi connectivity index (χ1) is 15.6. The van der Waals surface area contributed by atoms with Crippen LogP contribution in [0.4, 0.5) is 5.95 Å². The van der Waals surface area contributed by atoms with E-state index in [1.807, 2.05) is 24.3 Å². The molecule has 0 bridgehead atoms. The first-order valence-corrected chi connectivity index (χ1v) is 11.0. The van der Waals surface area contributed by atoms with E-state index in [2.05, 4.69) is 35.2 Å². The summed E-state index contributed by atoms with van der Waals surface area (Å²) >= 11 is 0. The van der Waals surface area contributed by atoms with Gasteiger partial charge < -0.3 is 24.8 Å². The number of piperazine rings is 1. The number of rotatable bonds is 5. The Morgan fingerprint density at radius 1 is 1.18 bits per heavy atom. The van der Waals surface area contributed by atoms with Crippen LogP contribution in [0, 0.1) is 0 Å². The lowest BCUT2D eigenvalue weighted by molar-refractivity contribution is -0.131. The Hall–Kier alpha value is -2.48. The van der Waals surface area contributed by atoms with Crippen molar-refractivity contribution in [1.29, 1.82) is 0 Å². The number of carbonyl (C=O) groups excluding carboxylic acids is 1. The molecule has 2 saturated heterocycles. The number of anilines is 1. The van der Waals surface area contributed by atoms with Gasteiger partial charge in [0.05, 0.1) is 19.3 Å². The molecule has 33 heavy (non-hydrogen) atoms. The van der Waals surface area contributed by atoms with Crippen molar-refractivity contribution in [3.8, 4) is 0 Å². The molecule has 1 unspecified atom stereocenters. The smallest absolute Gasteiger partial charge is 0.225 e. The highest BCUT2D eigenvalue weighted by Crippen LogP contribution is 2.21. The summed E-state index contributed by atoms with van der Waals surface area (Å²) in [6.45, 7) is 5.47. The van der Waals surface area contributed by atoms with Gasteiger partial charge in [-0.3, -0.25) is 14.5 Å². The maximum atomic E-state index is 12.7. The summed E-state index contributed by atoms with van der Waals surface area (Å²) in [7, 11) is 3.67. The van der Waals surface area contributed by atoms with Gasteiger partial charge in [0.2, 0.25) is 11.9 Å². The second-order valence-corrected chi connectivity index (χ2v) is 7.89. The fraction of sp³-hybridized carbons (Fsp3) is 0.571. The monoisotopic (exact) mass is 569 g/mol. The SMILES string of the molecule is CN=C(NCCC(=O)N1CCN(c2ncccn2)CC1)N1CCOC(c2cnn(C)c2)C1.I. The van der Waals surface area contributed by atoms with E-state index < -0.39 is 0 Å². The van der Waals surface area contributed by atoms with E-state index in [0.29, 0.717) is 39.2 Å². The molecule has 0 aromatic carbocycles. The Morgan fingerprint density at radius 3 is 2.61 bits per heavy atom. The van der Waals surface area contributed by atoms with Gasteiger partial charge in [0.25, 0.3) is 0 Å². The van der Waals surface area contributed by atoms with E-state index in [4.69, 9.17) is 4.74 Å². The minimum atomic E-state index is -0.0393. The Bertz CT molecular complexity index is 915. The highest BCUT2D eigenvalue weighted by atomic mass is 127. The third-order valence-corrected chi connectivity index (χ3v) is 5.76. The van der Waals surface area contributed by atoms with Gasteiger partial charge in [0.15, 0.2) is 5.96 Å². The van der Waals surface area contributed by atoms with Crippen LogP contribution in [0.25, 0.3) is 0 Å². The molecule has 12 heteroatoms. The fourth-order valence-corrected chi connectivity index (χ4v) is 4.03. The maximum Gasteiger partial charge on any atom is 0.225 e. The average molecular weight is 569 g/mol. The minimum Gasteiger partial charge on any atom is -0.370 e. The maximum absolute atomic E-state index is 12.7. The molecular weight excluding hydrogens is 537 g/mol. The van der Waals surface area contributed by atoms with Gasteiger partial charge in [0, 0.05) is 83.9 Å². The summed E-state index contributed by atoms with van der Waals surface area (Å²) in [6.07, 6.45) is 7.69. The Morgan fingerprint density at radius 2 is 1.94 bits per heavy atom. The molecule has 2 fully saturated rings. The van der Waals surface area contributed by atoms with Crippen molar-refractivity contribution in [2.24, 2.45) is 12.0 Å². The molecule has 1 atom stereocenters. The summed E-state index contributed by atoms with van der Waals surface area (Å²) in [6, 6.07) is 1.81. The summed E-state index contributed by atoms with van der Waals surface area (Å²) in [5, 5.41) is 7.58. The van der Waals surface area contributed by atoms with Crippen molar-refractivity contribution in [2.45, 2.75) is 12.5 Å². The number of ether oxygens (including phenoxy) is 1. The van der Waals surface area contributed by atoms with Gasteiger partial charge in [-0.05, 0) is 6.07 Å². The molecule has 4 rings (SSSR count). The van der Waals surface area contributed by atoms with Gasteiger partial charge in [-0.1, -0.05) is 0 Å². The Labute approximate surface area is 211 Å². The van der Waals surface area contributed by atoms with E-state index in [0.717, 1.165) is 37.1 Å². The number of guanidine groups is 1. The normalized spacial score (nSPS) is 19.3. The summed E-state index contributed by atoms with van der Waals surface area (Å²) < 4.78 is 7.69. The molecule has 0 aliphatic carbocycles. The minimum absolute atomic E-state index is 0. The van der Waals surface area contributed by atoms with Gasteiger partial charge >= 0.3 is 0 Å². The summed E-state index contributed by atoms with van der Waals surface area (Å²) in [4.78, 5) is 31.9. The van der Waals surface area contributed by atoms with E-state index in [1.165, 1.54) is 0 Å². The number of carbonyl (C=O) groups is 1. The predicted molar refractivity (Wildman–Crippen MR) is 136 cm³/mol. The Kier molecular flexibility index (Phi) is 9.23. The van der Waals surface area contributed by atoms with Crippen LogP contribution in [0.5, 0.6) is 0 Å². The Balaban J connectivity index is 0.00000306. The van der Waals surface area contributed by atoms with Crippen molar-refractivity contribution < 1.29 is 9.53 Å². The van der Waals surface area contributed by atoms with Crippen LogP contribution < -0.4 is 10.2 Å². The van der Waals surface area contributed by atoms with E-state index in [-0.39, 0.29) is 36.0 Å². The third-order valence-electron chi connectivity index (χ3n) is 5.76. The molecule has 1 N–H and O–H groups in total. The highest BCUT2D eigenvalue weighted by Gasteiger charge is 2.26. The quantitative estimate of drug-likeness (QED) is 0.316. The number of amides is 1. The molecule has 0 saturated carbocycles. The largest absolute Gasteiger partial charge is 0.370 e. The van der Waals surface area contributed by atoms with Crippen molar-refractivity contribution in [3.63, 3.8) is 0 Å². The number of nitrogens with one attached hydrogen (secondary N) is 1. The van der Waals surface area contributed by atoms with Crippen LogP contribution in [-0.4, -0.2) is 101 Å². The number of aryl methyl sites for hydroxylation is 1. The zero-order chi connectivity index (χ0) is 22.3. The number of morpholine rings is 1. The molecule has 1 amide bonds. The number of aromatic nitrogens is 4. The lowest BCUT2D eigenvalue weighted by Crippen LogP contribution is -2.51. The van der Waals surface area contributed by atoms with Crippen molar-refractivity contribution in [1.82, 2.24) is 34.9 Å². The van der Waals surface area contributed by atoms with Crippen molar-refractivity contribution in [3.05, 3.63) is 36.4 Å². The summed E-state index contributed by atoms with van der Waals surface area (Å²) in [5.74, 6) is 1.66. The molecule has 11 nitrogen and oxygen atoms in total. The molecule has 2 aliphatic rings. The molecule has 2 aromatic heterocycles. The fourth-order valence-electron chi connectivity index (χ4n) is 4.03. The standard InChI is InChI=1S/C21H31N9O2.HI/c1-22-20(30-12-13-32-18(16-30)17-14-26-27(2)15-17)25-7-4-19(31)28-8-10-29(11-9-28)21-23-5-3-6-24-21;/h3,5-6,14-15,18H,4,7-13,16H2,1-2H3,(H,22,25);1H. The molecule has 2 aromatic rings. The number of nitrogens with zero attached hydrogens (tertiary/aromatic N) is 8. The molecular formula is C21H32IN9O2. The zero-order valence-electron chi connectivity index (χ0n) is 19.1. The van der Waals surface area contributed by atoms with Crippen LogP contribution in [0.1, 0.15) is 18.1 Å². The van der Waals surface area contributed by atoms with E-state index in [1.54, 1.807) is 30.2 Å². The number of hydrogen-bond acceptors (Lipinski definition) is 7. The molecule has 2 aliphatic heterocycles. The predicted octanol–water partition coefficient (Wildman–Crippen LogP) is 0.516. The van der Waals surface area contributed by atoms with Crippen LogP contribution in [0.3, 0.4) is 0 Å². The second kappa shape index (κ2) is 12.1. The van der Waals surface area contributed by atoms with Crippen molar-refractivity contribution >= 4 is 41.8 Å². The molecule has 0 radical (unpaired) electrons. The van der Waals surface area contributed by atoms with Gasteiger partial charge in [-0.2, -0.15) is 5.10 Å². The van der Waals surface area contributed by atoms with Gasteiger partial charge in [0.1, 0.15) is 6.10 Å². The average Bonchev–Trinajstić information content (AvgIpc) is 3.29. The number of aliphatic imine (C=N–C) groups is 1. The van der Waals surface area contributed by atoms with Crippen LogP contribution in [0.2, 0.25) is 0 Å². The lowest BCUT2D eigenvalue weighted by atomic mass is 10.1. The van der Waals surface area contributed by atoms with Crippen LogP contribution in [0.15, 0.2) is 35.8 Å². The van der Waals surface area contributed by atoms with E-state index >= 15 is 0 Å². The van der Waals surface area contributed by atoms with Gasteiger partial charge in [-0.25, -0.2) is 9.97 Å². The first-order valence-electron chi connectivity index (χ1n) is 11.0. The topological polar surface area (TPSA) is 104 Å². The first kappa shape index (κ1) is 25.1. The molecule has 4 heterocycles. The van der Waals surface area contributed by atoms with Gasteiger partial charge in [-0.15, -0.1) is 24.0 Å². The molecule has 180 valence electrons. The zero-order valence-corrected chi connectivity index (χ0v) is 21.5.